The Hall–Kier alpha value is -1.86. The molecule has 4 heterocycles. The van der Waals surface area contributed by atoms with Crippen LogP contribution in [0.4, 0.5) is 4.79 Å². The number of hydrogen-bond acceptors (Lipinski definition) is 4. The minimum absolute atomic E-state index is 0.0669. The van der Waals surface area contributed by atoms with Crippen LogP contribution in [0.15, 0.2) is 24.4 Å². The minimum atomic E-state index is 0.0669. The molecular formula is C18H25N5OS. The number of likely N-dealkylation sites (tertiary alicyclic amines) is 1. The van der Waals surface area contributed by atoms with Crippen LogP contribution in [-0.4, -0.2) is 51.8 Å². The topological polar surface area (TPSA) is 53.4 Å². The molecule has 1 N–H and O–H groups in total. The molecule has 134 valence electrons. The molecule has 2 aromatic heterocycles. The Morgan fingerprint density at radius 2 is 2.16 bits per heavy atom. The standard InChI is InChI=1S/C18H25N5OS/c1-14-4-5-17(25-14)13-21-11-15-6-7-20-23(15)16(12-21)10-19-18(24)22-8-2-3-9-22/h4-7,16H,2-3,8-13H2,1H3,(H,19,24)/t16-/m0/s1. The normalized spacial score (nSPS) is 20.7. The molecule has 1 fully saturated rings. The van der Waals surface area contributed by atoms with Crippen LogP contribution in [0, 0.1) is 6.92 Å². The number of rotatable bonds is 4. The van der Waals surface area contributed by atoms with E-state index in [0.29, 0.717) is 6.54 Å². The average Bonchev–Trinajstić information content (AvgIpc) is 3.33. The average molecular weight is 359 g/mol. The molecule has 2 aromatic rings. The third kappa shape index (κ3) is 3.72. The number of urea groups is 1. The number of fused-ring (bicyclic) bond motifs is 1. The highest BCUT2D eigenvalue weighted by molar-refractivity contribution is 7.11. The lowest BCUT2D eigenvalue weighted by atomic mass is 10.2. The van der Waals surface area contributed by atoms with Crippen LogP contribution in [0.2, 0.25) is 0 Å². The first kappa shape index (κ1) is 16.6. The van der Waals surface area contributed by atoms with E-state index >= 15 is 0 Å². The molecule has 0 aliphatic carbocycles. The number of hydrogen-bond donors (Lipinski definition) is 1. The predicted molar refractivity (Wildman–Crippen MR) is 98.6 cm³/mol. The number of aromatic nitrogens is 2. The maximum atomic E-state index is 12.3. The lowest BCUT2D eigenvalue weighted by molar-refractivity contribution is 0.162. The summed E-state index contributed by atoms with van der Waals surface area (Å²) in [6.45, 7) is 7.32. The van der Waals surface area contributed by atoms with Crippen molar-refractivity contribution in [2.24, 2.45) is 0 Å². The summed E-state index contributed by atoms with van der Waals surface area (Å²) in [5, 5.41) is 7.60. The number of carbonyl (C=O) groups excluding carboxylic acids is 1. The molecule has 0 aromatic carbocycles. The van der Waals surface area contributed by atoms with Crippen LogP contribution in [0.1, 0.15) is 34.3 Å². The summed E-state index contributed by atoms with van der Waals surface area (Å²) in [6, 6.07) is 6.74. The largest absolute Gasteiger partial charge is 0.336 e. The Labute approximate surface area is 152 Å². The molecule has 0 radical (unpaired) electrons. The Morgan fingerprint density at radius 3 is 2.92 bits per heavy atom. The lowest BCUT2D eigenvalue weighted by Crippen LogP contribution is -2.45. The second kappa shape index (κ2) is 7.17. The Balaban J connectivity index is 1.40. The molecule has 25 heavy (non-hydrogen) atoms. The van der Waals surface area contributed by atoms with E-state index in [4.69, 9.17) is 0 Å². The van der Waals surface area contributed by atoms with Crippen molar-refractivity contribution in [3.8, 4) is 0 Å². The summed E-state index contributed by atoms with van der Waals surface area (Å²) in [6.07, 6.45) is 4.10. The summed E-state index contributed by atoms with van der Waals surface area (Å²) in [5.74, 6) is 0. The zero-order valence-corrected chi connectivity index (χ0v) is 15.5. The predicted octanol–water partition coefficient (Wildman–Crippen LogP) is 2.62. The first-order chi connectivity index (χ1) is 12.2. The fourth-order valence-corrected chi connectivity index (χ4v) is 4.70. The number of nitrogens with zero attached hydrogens (tertiary/aromatic N) is 4. The van der Waals surface area contributed by atoms with Crippen LogP contribution in [0.5, 0.6) is 0 Å². The highest BCUT2D eigenvalue weighted by atomic mass is 32.1. The molecule has 0 spiro atoms. The first-order valence-electron chi connectivity index (χ1n) is 9.02. The van der Waals surface area contributed by atoms with Gasteiger partial charge in [0.05, 0.1) is 11.7 Å². The third-order valence-electron chi connectivity index (χ3n) is 5.01. The zero-order valence-electron chi connectivity index (χ0n) is 14.6. The Bertz CT molecular complexity index is 733. The highest BCUT2D eigenvalue weighted by Gasteiger charge is 2.27. The van der Waals surface area contributed by atoms with Gasteiger partial charge >= 0.3 is 6.03 Å². The molecule has 1 atom stereocenters. The summed E-state index contributed by atoms with van der Waals surface area (Å²) in [5.41, 5.74) is 1.22. The van der Waals surface area contributed by atoms with Crippen molar-refractivity contribution < 1.29 is 4.79 Å². The number of thiophene rings is 1. The molecular weight excluding hydrogens is 334 g/mol. The van der Waals surface area contributed by atoms with Crippen molar-refractivity contribution >= 4 is 17.4 Å². The van der Waals surface area contributed by atoms with Crippen LogP contribution < -0.4 is 5.32 Å². The SMILES string of the molecule is Cc1ccc(CN2Cc3ccnn3[C@@H](CNC(=O)N3CCCC3)C2)s1. The van der Waals surface area contributed by atoms with Gasteiger partial charge in [0.1, 0.15) is 0 Å². The number of amides is 2. The van der Waals surface area contributed by atoms with Crippen LogP contribution in [-0.2, 0) is 13.1 Å². The Kier molecular flexibility index (Phi) is 4.76. The molecule has 4 rings (SSSR count). The van der Waals surface area contributed by atoms with Gasteiger partial charge in [-0.15, -0.1) is 11.3 Å². The van der Waals surface area contributed by atoms with E-state index in [1.165, 1.54) is 15.4 Å². The van der Waals surface area contributed by atoms with Gasteiger partial charge in [-0.25, -0.2) is 4.79 Å². The molecule has 6 nitrogen and oxygen atoms in total. The van der Waals surface area contributed by atoms with Crippen LogP contribution in [0.25, 0.3) is 0 Å². The maximum absolute atomic E-state index is 12.3. The number of aryl methyl sites for hydroxylation is 1. The van der Waals surface area contributed by atoms with Crippen molar-refractivity contribution in [3.05, 3.63) is 39.8 Å². The fourth-order valence-electron chi connectivity index (χ4n) is 3.76. The molecule has 2 amide bonds. The van der Waals surface area contributed by atoms with Gasteiger partial charge in [0, 0.05) is 55.2 Å². The highest BCUT2D eigenvalue weighted by Crippen LogP contribution is 2.24. The van der Waals surface area contributed by atoms with Gasteiger partial charge in [-0.1, -0.05) is 0 Å². The van der Waals surface area contributed by atoms with Crippen molar-refractivity contribution in [3.63, 3.8) is 0 Å². The van der Waals surface area contributed by atoms with E-state index in [1.807, 2.05) is 22.4 Å². The van der Waals surface area contributed by atoms with Gasteiger partial charge in [-0.3, -0.25) is 9.58 Å². The monoisotopic (exact) mass is 359 g/mol. The van der Waals surface area contributed by atoms with E-state index in [-0.39, 0.29) is 12.1 Å². The summed E-state index contributed by atoms with van der Waals surface area (Å²) in [4.78, 5) is 19.4. The quantitative estimate of drug-likeness (QED) is 0.913. The fraction of sp³-hybridized carbons (Fsp3) is 0.556. The third-order valence-corrected chi connectivity index (χ3v) is 6.00. The molecule has 0 unspecified atom stereocenters. The van der Waals surface area contributed by atoms with Crippen molar-refractivity contribution in [2.45, 2.75) is 38.9 Å². The van der Waals surface area contributed by atoms with Gasteiger partial charge in [0.2, 0.25) is 0 Å². The van der Waals surface area contributed by atoms with E-state index in [0.717, 1.165) is 45.6 Å². The van der Waals surface area contributed by atoms with Crippen LogP contribution in [0.3, 0.4) is 0 Å². The van der Waals surface area contributed by atoms with Gasteiger partial charge in [-0.2, -0.15) is 5.10 Å². The van der Waals surface area contributed by atoms with E-state index in [2.05, 4.69) is 45.1 Å². The molecule has 0 saturated carbocycles. The second-order valence-corrected chi connectivity index (χ2v) is 8.36. The van der Waals surface area contributed by atoms with Crippen LogP contribution >= 0.6 is 11.3 Å². The maximum Gasteiger partial charge on any atom is 0.317 e. The zero-order chi connectivity index (χ0) is 17.2. The van der Waals surface area contributed by atoms with Gasteiger partial charge in [0.15, 0.2) is 0 Å². The summed E-state index contributed by atoms with van der Waals surface area (Å²) < 4.78 is 2.08. The molecule has 7 heteroatoms. The van der Waals surface area contributed by atoms with Gasteiger partial charge < -0.3 is 10.2 Å². The summed E-state index contributed by atoms with van der Waals surface area (Å²) in [7, 11) is 0. The second-order valence-electron chi connectivity index (χ2n) is 6.98. The van der Waals surface area contributed by atoms with Crippen molar-refractivity contribution in [2.75, 3.05) is 26.2 Å². The van der Waals surface area contributed by atoms with Gasteiger partial charge in [-0.05, 0) is 38.0 Å². The summed E-state index contributed by atoms with van der Waals surface area (Å²) >= 11 is 1.86. The molecule has 0 bridgehead atoms. The van der Waals surface area contributed by atoms with E-state index < -0.39 is 0 Å². The van der Waals surface area contributed by atoms with E-state index in [1.54, 1.807) is 0 Å². The minimum Gasteiger partial charge on any atom is -0.336 e. The molecule has 2 aliphatic rings. The number of carbonyl (C=O) groups is 1. The molecule has 2 aliphatic heterocycles. The number of nitrogens with one attached hydrogen (secondary N) is 1. The molecule has 1 saturated heterocycles. The van der Waals surface area contributed by atoms with Gasteiger partial charge in [0.25, 0.3) is 0 Å². The van der Waals surface area contributed by atoms with Crippen molar-refractivity contribution in [1.29, 1.82) is 0 Å². The lowest BCUT2D eigenvalue weighted by Gasteiger charge is -2.34. The smallest absolute Gasteiger partial charge is 0.317 e. The Morgan fingerprint density at radius 1 is 1.32 bits per heavy atom. The first-order valence-corrected chi connectivity index (χ1v) is 9.83. The van der Waals surface area contributed by atoms with E-state index in [9.17, 15) is 4.79 Å². The van der Waals surface area contributed by atoms with Crippen molar-refractivity contribution in [1.82, 2.24) is 24.9 Å².